The summed E-state index contributed by atoms with van der Waals surface area (Å²) in [5.41, 5.74) is 6.83. The minimum Gasteiger partial charge on any atom is -0.150 e. The highest BCUT2D eigenvalue weighted by Crippen LogP contribution is 2.29. The number of hydrogen-bond acceptors (Lipinski definition) is 2. The van der Waals surface area contributed by atoms with Gasteiger partial charge in [0.2, 0.25) is 0 Å². The van der Waals surface area contributed by atoms with Crippen molar-refractivity contribution in [2.45, 2.75) is 53.4 Å². The van der Waals surface area contributed by atoms with E-state index in [1.165, 1.54) is 11.1 Å². The Morgan fingerprint density at radius 3 is 1.32 bits per heavy atom. The lowest BCUT2D eigenvalue weighted by molar-refractivity contribution is 0.864. The molecule has 0 saturated carbocycles. The molecule has 0 saturated heterocycles. The van der Waals surface area contributed by atoms with E-state index in [0.717, 1.165) is 22.5 Å². The largest absolute Gasteiger partial charge is 0.150 e. The van der Waals surface area contributed by atoms with Crippen LogP contribution in [0.5, 0.6) is 0 Å². The number of rotatable bonds is 4. The van der Waals surface area contributed by atoms with Crippen molar-refractivity contribution < 1.29 is 0 Å². The molecule has 0 bridgehead atoms. The second kappa shape index (κ2) is 6.87. The molecular weight excluding hydrogens is 268 g/mol. The molecule has 0 atom stereocenters. The molecule has 2 aromatic rings. The molecule has 2 nitrogen and oxygen atoms in total. The molecule has 0 heterocycles. The fourth-order valence-corrected chi connectivity index (χ4v) is 2.29. The molecule has 116 valence electrons. The Morgan fingerprint density at radius 1 is 0.636 bits per heavy atom. The van der Waals surface area contributed by atoms with Crippen LogP contribution >= 0.6 is 0 Å². The predicted octanol–water partition coefficient (Wildman–Crippen LogP) is 6.97. The first-order valence-corrected chi connectivity index (χ1v) is 8.01. The van der Waals surface area contributed by atoms with E-state index >= 15 is 0 Å². The van der Waals surface area contributed by atoms with Gasteiger partial charge in [-0.1, -0.05) is 52.0 Å². The van der Waals surface area contributed by atoms with Crippen LogP contribution in [0.1, 0.15) is 61.8 Å². The van der Waals surface area contributed by atoms with Crippen molar-refractivity contribution in [1.29, 1.82) is 0 Å². The molecule has 0 amide bonds. The fraction of sp³-hybridized carbons (Fsp3) is 0.400. The Morgan fingerprint density at radius 2 is 1.00 bits per heavy atom. The molecule has 0 aliphatic rings. The first-order chi connectivity index (χ1) is 10.4. The maximum Gasteiger partial charge on any atom is 0.0889 e. The van der Waals surface area contributed by atoms with Crippen molar-refractivity contribution in [3.05, 3.63) is 58.7 Å². The van der Waals surface area contributed by atoms with Gasteiger partial charge in [0.05, 0.1) is 11.4 Å². The quantitative estimate of drug-likeness (QED) is 0.544. The van der Waals surface area contributed by atoms with Gasteiger partial charge in [-0.25, -0.2) is 0 Å². The minimum atomic E-state index is 0.501. The van der Waals surface area contributed by atoms with E-state index in [4.69, 9.17) is 0 Å². The summed E-state index contributed by atoms with van der Waals surface area (Å²) in [4.78, 5) is 0. The average Bonchev–Trinajstić information content (AvgIpc) is 2.47. The molecular formula is C20H26N2. The molecule has 0 radical (unpaired) electrons. The molecule has 2 heteroatoms. The van der Waals surface area contributed by atoms with Gasteiger partial charge in [-0.15, -0.1) is 0 Å². The van der Waals surface area contributed by atoms with Crippen LogP contribution < -0.4 is 0 Å². The normalized spacial score (nSPS) is 11.8. The molecule has 0 unspecified atom stereocenters. The summed E-state index contributed by atoms with van der Waals surface area (Å²) < 4.78 is 0. The third-order valence-electron chi connectivity index (χ3n) is 4.07. The Hall–Kier alpha value is -1.96. The van der Waals surface area contributed by atoms with Crippen LogP contribution in [0.15, 0.2) is 46.6 Å². The van der Waals surface area contributed by atoms with Gasteiger partial charge in [-0.05, 0) is 60.1 Å². The zero-order chi connectivity index (χ0) is 16.3. The highest BCUT2D eigenvalue weighted by atomic mass is 15.1. The highest BCUT2D eigenvalue weighted by Gasteiger charge is 2.05. The first kappa shape index (κ1) is 16.4. The van der Waals surface area contributed by atoms with Crippen molar-refractivity contribution in [3.8, 4) is 0 Å². The van der Waals surface area contributed by atoms with Gasteiger partial charge in [-0.2, -0.15) is 10.2 Å². The van der Waals surface area contributed by atoms with E-state index in [1.807, 2.05) is 0 Å². The van der Waals surface area contributed by atoms with E-state index in [-0.39, 0.29) is 0 Å². The molecule has 2 aromatic carbocycles. The van der Waals surface area contributed by atoms with E-state index in [0.29, 0.717) is 11.8 Å². The zero-order valence-electron chi connectivity index (χ0n) is 14.5. The van der Waals surface area contributed by atoms with E-state index in [2.05, 4.69) is 88.2 Å². The summed E-state index contributed by atoms with van der Waals surface area (Å²) in [6.45, 7) is 12.9. The monoisotopic (exact) mass is 294 g/mol. The van der Waals surface area contributed by atoms with Crippen LogP contribution in [0.4, 0.5) is 11.4 Å². The molecule has 0 spiro atoms. The van der Waals surface area contributed by atoms with Gasteiger partial charge in [0.15, 0.2) is 0 Å². The van der Waals surface area contributed by atoms with Crippen LogP contribution in [0, 0.1) is 13.8 Å². The second-order valence-corrected chi connectivity index (χ2v) is 6.60. The highest BCUT2D eigenvalue weighted by molar-refractivity contribution is 5.51. The van der Waals surface area contributed by atoms with Crippen molar-refractivity contribution in [2.75, 3.05) is 0 Å². The van der Waals surface area contributed by atoms with Gasteiger partial charge in [0, 0.05) is 0 Å². The van der Waals surface area contributed by atoms with Crippen molar-refractivity contribution in [2.24, 2.45) is 10.2 Å². The molecule has 0 aliphatic heterocycles. The lowest BCUT2D eigenvalue weighted by atomic mass is 10.0. The smallest absolute Gasteiger partial charge is 0.0889 e. The van der Waals surface area contributed by atoms with Gasteiger partial charge in [-0.3, -0.25) is 0 Å². The molecule has 0 aliphatic carbocycles. The first-order valence-electron chi connectivity index (χ1n) is 8.01. The Bertz CT molecular complexity index is 623. The lowest BCUT2D eigenvalue weighted by Crippen LogP contribution is -1.88. The summed E-state index contributed by atoms with van der Waals surface area (Å²) in [6, 6.07) is 12.9. The number of nitrogens with zero attached hydrogens (tertiary/aromatic N) is 2. The summed E-state index contributed by atoms with van der Waals surface area (Å²) >= 11 is 0. The number of aryl methyl sites for hydroxylation is 2. The topological polar surface area (TPSA) is 24.7 Å². The minimum absolute atomic E-state index is 0.501. The van der Waals surface area contributed by atoms with E-state index in [9.17, 15) is 0 Å². The third-order valence-corrected chi connectivity index (χ3v) is 4.07. The van der Waals surface area contributed by atoms with Crippen molar-refractivity contribution >= 4 is 11.4 Å². The lowest BCUT2D eigenvalue weighted by Gasteiger charge is -2.09. The summed E-state index contributed by atoms with van der Waals surface area (Å²) in [6.07, 6.45) is 0. The van der Waals surface area contributed by atoms with Gasteiger partial charge in [0.1, 0.15) is 0 Å². The Balaban J connectivity index is 2.36. The molecule has 0 fully saturated rings. The second-order valence-electron chi connectivity index (χ2n) is 6.60. The van der Waals surface area contributed by atoms with Gasteiger partial charge in [0.25, 0.3) is 0 Å². The van der Waals surface area contributed by atoms with Gasteiger partial charge >= 0.3 is 0 Å². The molecule has 22 heavy (non-hydrogen) atoms. The maximum absolute atomic E-state index is 4.51. The standard InChI is InChI=1S/C20H26N2/c1-13(2)17-9-7-15(5)19(11-17)21-22-20-12-18(14(3)4)10-8-16(20)6/h7-14H,1-6H3. The third kappa shape index (κ3) is 3.82. The Labute approximate surface area is 134 Å². The SMILES string of the molecule is Cc1ccc(C(C)C)cc1N=Nc1cc(C(C)C)ccc1C. The van der Waals surface area contributed by atoms with Crippen LogP contribution in [0.3, 0.4) is 0 Å². The molecule has 0 aromatic heterocycles. The van der Waals surface area contributed by atoms with Crippen molar-refractivity contribution in [1.82, 2.24) is 0 Å². The number of benzene rings is 2. The van der Waals surface area contributed by atoms with Crippen molar-refractivity contribution in [3.63, 3.8) is 0 Å². The number of hydrogen-bond donors (Lipinski definition) is 0. The van der Waals surface area contributed by atoms with Crippen LogP contribution in [-0.2, 0) is 0 Å². The van der Waals surface area contributed by atoms with Crippen LogP contribution in [0.25, 0.3) is 0 Å². The molecule has 0 N–H and O–H groups in total. The van der Waals surface area contributed by atoms with Crippen LogP contribution in [0.2, 0.25) is 0 Å². The summed E-state index contributed by atoms with van der Waals surface area (Å²) in [7, 11) is 0. The van der Waals surface area contributed by atoms with Crippen LogP contribution in [-0.4, -0.2) is 0 Å². The Kier molecular flexibility index (Phi) is 5.12. The average molecular weight is 294 g/mol. The predicted molar refractivity (Wildman–Crippen MR) is 94.7 cm³/mol. The molecule has 2 rings (SSSR count). The fourth-order valence-electron chi connectivity index (χ4n) is 2.29. The summed E-state index contributed by atoms with van der Waals surface area (Å²) in [5, 5.41) is 9.01. The van der Waals surface area contributed by atoms with E-state index < -0.39 is 0 Å². The summed E-state index contributed by atoms with van der Waals surface area (Å²) in [5.74, 6) is 1.00. The zero-order valence-corrected chi connectivity index (χ0v) is 14.5. The van der Waals surface area contributed by atoms with E-state index in [1.54, 1.807) is 0 Å². The maximum atomic E-state index is 4.51. The van der Waals surface area contributed by atoms with Gasteiger partial charge < -0.3 is 0 Å². The number of azo groups is 1.